The van der Waals surface area contributed by atoms with Gasteiger partial charge in [-0.1, -0.05) is 19.1 Å². The first-order valence-corrected chi connectivity index (χ1v) is 6.73. The highest BCUT2D eigenvalue weighted by Gasteiger charge is 2.26. The van der Waals surface area contributed by atoms with Crippen LogP contribution in [0, 0.1) is 5.92 Å². The minimum absolute atomic E-state index is 0.0620. The first-order chi connectivity index (χ1) is 9.13. The molecule has 0 aromatic heterocycles. The monoisotopic (exact) mass is 263 g/mol. The summed E-state index contributed by atoms with van der Waals surface area (Å²) in [6, 6.07) is 5.45. The van der Waals surface area contributed by atoms with Gasteiger partial charge in [-0.05, 0) is 30.4 Å². The van der Waals surface area contributed by atoms with Crippen LogP contribution in [0.2, 0.25) is 0 Å². The third-order valence-electron chi connectivity index (χ3n) is 3.47. The second-order valence-corrected chi connectivity index (χ2v) is 5.20. The summed E-state index contributed by atoms with van der Waals surface area (Å²) < 4.78 is 5.06. The number of benzene rings is 1. The number of rotatable bonds is 4. The van der Waals surface area contributed by atoms with Crippen molar-refractivity contribution < 1.29 is 14.6 Å². The van der Waals surface area contributed by atoms with E-state index in [9.17, 15) is 9.90 Å². The van der Waals surface area contributed by atoms with Gasteiger partial charge in [0.15, 0.2) is 0 Å². The Morgan fingerprint density at radius 2 is 2.32 bits per heavy atom. The number of fused-ring (bicyclic) bond motifs is 1. The molecule has 1 N–H and O–H groups in total. The van der Waals surface area contributed by atoms with Crippen molar-refractivity contribution in [3.8, 4) is 5.75 Å². The molecule has 2 rings (SSSR count). The van der Waals surface area contributed by atoms with Crippen LogP contribution in [-0.2, 0) is 16.0 Å². The minimum atomic E-state index is 0.0620. The van der Waals surface area contributed by atoms with Crippen molar-refractivity contribution in [2.75, 3.05) is 25.2 Å². The van der Waals surface area contributed by atoms with Gasteiger partial charge in [0.1, 0.15) is 5.75 Å². The van der Waals surface area contributed by atoms with Crippen LogP contribution in [0.3, 0.4) is 0 Å². The summed E-state index contributed by atoms with van der Waals surface area (Å²) in [5.41, 5.74) is 1.75. The number of para-hydroxylation sites is 1. The van der Waals surface area contributed by atoms with Crippen LogP contribution in [-0.4, -0.2) is 31.3 Å². The molecule has 1 unspecified atom stereocenters. The summed E-state index contributed by atoms with van der Waals surface area (Å²) in [5.74, 6) is 0.450. The molecule has 1 aromatic rings. The molecular formula is C15H21NO3. The van der Waals surface area contributed by atoms with Crippen molar-refractivity contribution in [2.45, 2.75) is 26.2 Å². The van der Waals surface area contributed by atoms with Gasteiger partial charge in [-0.15, -0.1) is 0 Å². The molecule has 19 heavy (non-hydrogen) atoms. The van der Waals surface area contributed by atoms with Crippen LogP contribution in [0.25, 0.3) is 0 Å². The lowest BCUT2D eigenvalue weighted by Crippen LogP contribution is -2.36. The van der Waals surface area contributed by atoms with Crippen molar-refractivity contribution in [2.24, 2.45) is 5.92 Å². The van der Waals surface area contributed by atoms with Gasteiger partial charge in [-0.25, -0.2) is 0 Å². The summed E-state index contributed by atoms with van der Waals surface area (Å²) in [5, 5.41) is 9.99. The van der Waals surface area contributed by atoms with Crippen molar-refractivity contribution in [3.05, 3.63) is 23.8 Å². The first kappa shape index (κ1) is 13.9. The van der Waals surface area contributed by atoms with Crippen LogP contribution < -0.4 is 4.90 Å². The number of ether oxygens (including phenoxy) is 1. The van der Waals surface area contributed by atoms with E-state index in [0.717, 1.165) is 18.4 Å². The number of aromatic hydroxyl groups is 1. The average molecular weight is 263 g/mol. The third kappa shape index (κ3) is 3.07. The Morgan fingerprint density at radius 3 is 3.05 bits per heavy atom. The Labute approximate surface area is 114 Å². The highest BCUT2D eigenvalue weighted by Crippen LogP contribution is 2.35. The van der Waals surface area contributed by atoms with E-state index in [4.69, 9.17) is 4.74 Å². The molecule has 1 aromatic carbocycles. The van der Waals surface area contributed by atoms with Gasteiger partial charge < -0.3 is 14.7 Å². The number of amides is 1. The van der Waals surface area contributed by atoms with E-state index in [2.05, 4.69) is 0 Å². The lowest BCUT2D eigenvalue weighted by Gasteiger charge is -2.30. The molecule has 0 aliphatic carbocycles. The highest BCUT2D eigenvalue weighted by atomic mass is 16.5. The number of hydrogen-bond acceptors (Lipinski definition) is 3. The van der Waals surface area contributed by atoms with E-state index in [1.54, 1.807) is 18.1 Å². The van der Waals surface area contributed by atoms with Crippen LogP contribution in [0.5, 0.6) is 5.75 Å². The van der Waals surface area contributed by atoms with Crippen molar-refractivity contribution >= 4 is 11.6 Å². The topological polar surface area (TPSA) is 49.8 Å². The zero-order valence-corrected chi connectivity index (χ0v) is 11.6. The fourth-order valence-corrected chi connectivity index (χ4v) is 2.63. The first-order valence-electron chi connectivity index (χ1n) is 6.73. The molecular weight excluding hydrogens is 242 g/mol. The predicted molar refractivity (Wildman–Crippen MR) is 74.4 cm³/mol. The molecule has 1 aliphatic heterocycles. The second kappa shape index (κ2) is 6.06. The van der Waals surface area contributed by atoms with Crippen molar-refractivity contribution in [1.82, 2.24) is 0 Å². The fraction of sp³-hybridized carbons (Fsp3) is 0.533. The molecule has 0 saturated heterocycles. The maximum absolute atomic E-state index is 12.4. The molecule has 1 aliphatic rings. The SMILES string of the molecule is COCC(C)CC(=O)N1CCCc2cccc(O)c21. The Morgan fingerprint density at radius 1 is 1.53 bits per heavy atom. The maximum atomic E-state index is 12.4. The van der Waals surface area contributed by atoms with E-state index in [1.165, 1.54) is 0 Å². The van der Waals surface area contributed by atoms with Crippen LogP contribution in [0.15, 0.2) is 18.2 Å². The van der Waals surface area contributed by atoms with E-state index in [1.807, 2.05) is 19.1 Å². The quantitative estimate of drug-likeness (QED) is 0.907. The van der Waals surface area contributed by atoms with E-state index in [0.29, 0.717) is 25.3 Å². The minimum Gasteiger partial charge on any atom is -0.506 e. The van der Waals surface area contributed by atoms with Gasteiger partial charge in [0.25, 0.3) is 0 Å². The molecule has 0 bridgehead atoms. The van der Waals surface area contributed by atoms with Gasteiger partial charge in [0, 0.05) is 26.7 Å². The third-order valence-corrected chi connectivity index (χ3v) is 3.47. The Kier molecular flexibility index (Phi) is 4.43. The number of hydrogen-bond donors (Lipinski definition) is 1. The van der Waals surface area contributed by atoms with Crippen LogP contribution in [0.4, 0.5) is 5.69 Å². The summed E-state index contributed by atoms with van der Waals surface area (Å²) in [6.07, 6.45) is 2.31. The summed E-state index contributed by atoms with van der Waals surface area (Å²) in [7, 11) is 1.64. The number of phenolic OH excluding ortho intramolecular Hbond substituents is 1. The van der Waals surface area contributed by atoms with E-state index >= 15 is 0 Å². The normalized spacial score (nSPS) is 16.0. The molecule has 1 heterocycles. The molecule has 0 saturated carbocycles. The number of nitrogens with zero attached hydrogens (tertiary/aromatic N) is 1. The number of carbonyl (C=O) groups excluding carboxylic acids is 1. The van der Waals surface area contributed by atoms with Crippen LogP contribution >= 0.6 is 0 Å². The summed E-state index contributed by atoms with van der Waals surface area (Å²) >= 11 is 0. The molecule has 0 fully saturated rings. The predicted octanol–water partition coefficient (Wildman–Crippen LogP) is 2.34. The van der Waals surface area contributed by atoms with Crippen molar-refractivity contribution in [1.29, 1.82) is 0 Å². The smallest absolute Gasteiger partial charge is 0.227 e. The van der Waals surface area contributed by atoms with Gasteiger partial charge in [-0.2, -0.15) is 0 Å². The Hall–Kier alpha value is -1.55. The number of aryl methyl sites for hydroxylation is 1. The Balaban J connectivity index is 2.17. The molecule has 1 atom stereocenters. The van der Waals surface area contributed by atoms with Crippen LogP contribution in [0.1, 0.15) is 25.3 Å². The highest BCUT2D eigenvalue weighted by molar-refractivity contribution is 5.96. The molecule has 0 radical (unpaired) electrons. The van der Waals surface area contributed by atoms with Gasteiger partial charge in [-0.3, -0.25) is 4.79 Å². The molecule has 4 heteroatoms. The molecule has 0 spiro atoms. The fourth-order valence-electron chi connectivity index (χ4n) is 2.63. The van der Waals surface area contributed by atoms with Crippen molar-refractivity contribution in [3.63, 3.8) is 0 Å². The maximum Gasteiger partial charge on any atom is 0.227 e. The second-order valence-electron chi connectivity index (χ2n) is 5.20. The number of carbonyl (C=O) groups is 1. The van der Waals surface area contributed by atoms with E-state index in [-0.39, 0.29) is 17.6 Å². The summed E-state index contributed by atoms with van der Waals surface area (Å²) in [4.78, 5) is 14.1. The average Bonchev–Trinajstić information content (AvgIpc) is 2.38. The number of methoxy groups -OCH3 is 1. The largest absolute Gasteiger partial charge is 0.506 e. The van der Waals surface area contributed by atoms with Gasteiger partial charge >= 0.3 is 0 Å². The lowest BCUT2D eigenvalue weighted by molar-refractivity contribution is -0.119. The number of phenols is 1. The molecule has 104 valence electrons. The Bertz CT molecular complexity index is 459. The summed E-state index contributed by atoms with van der Waals surface area (Å²) in [6.45, 7) is 3.26. The molecule has 1 amide bonds. The number of anilines is 1. The van der Waals surface area contributed by atoms with Gasteiger partial charge in [0.2, 0.25) is 5.91 Å². The standard InChI is InChI=1S/C15H21NO3/c1-11(10-19-2)9-14(18)16-8-4-6-12-5-3-7-13(17)15(12)16/h3,5,7,11,17H,4,6,8-10H2,1-2H3. The zero-order chi connectivity index (χ0) is 13.8. The van der Waals surface area contributed by atoms with Gasteiger partial charge in [0.05, 0.1) is 5.69 Å². The molecule has 4 nitrogen and oxygen atoms in total. The lowest BCUT2D eigenvalue weighted by atomic mass is 9.99. The zero-order valence-electron chi connectivity index (χ0n) is 11.6. The van der Waals surface area contributed by atoms with E-state index < -0.39 is 0 Å².